The summed E-state index contributed by atoms with van der Waals surface area (Å²) >= 11 is 0. The molecule has 0 unspecified atom stereocenters. The molecule has 0 saturated heterocycles. The van der Waals surface area contributed by atoms with E-state index in [1.165, 1.54) is 25.7 Å². The Morgan fingerprint density at radius 2 is 2.11 bits per heavy atom. The summed E-state index contributed by atoms with van der Waals surface area (Å²) in [5, 5.41) is 11.5. The largest absolute Gasteiger partial charge is 0.478 e. The fourth-order valence-corrected chi connectivity index (χ4v) is 1.57. The van der Waals surface area contributed by atoms with Gasteiger partial charge in [0.25, 0.3) is 0 Å². The van der Waals surface area contributed by atoms with Crippen molar-refractivity contribution in [3.05, 3.63) is 23.9 Å². The Morgan fingerprint density at radius 3 is 2.83 bits per heavy atom. The van der Waals surface area contributed by atoms with Crippen molar-refractivity contribution in [1.29, 1.82) is 0 Å². The van der Waals surface area contributed by atoms with Crippen LogP contribution < -0.4 is 10.5 Å². The number of ether oxygens (including phenoxy) is 1. The number of hydrogen-bond donors (Lipinski definition) is 2. The van der Waals surface area contributed by atoms with E-state index in [1.807, 2.05) is 0 Å². The summed E-state index contributed by atoms with van der Waals surface area (Å²) in [5.74, 6) is 0.498. The molecule has 0 radical (unpaired) electrons. The molecule has 5 nitrogen and oxygen atoms in total. The molecule has 18 heavy (non-hydrogen) atoms. The number of pyridine rings is 1. The Bertz CT molecular complexity index is 380. The van der Waals surface area contributed by atoms with Crippen LogP contribution in [0.25, 0.3) is 0 Å². The maximum absolute atomic E-state index is 8.56. The first-order chi connectivity index (χ1) is 8.77. The Balaban J connectivity index is 2.34. The molecule has 100 valence electrons. The van der Waals surface area contributed by atoms with Gasteiger partial charge in [-0.2, -0.15) is 0 Å². The molecule has 0 aliphatic rings. The number of nitrogens with zero attached hydrogens (tertiary/aromatic N) is 2. The summed E-state index contributed by atoms with van der Waals surface area (Å²) in [4.78, 5) is 4.14. The summed E-state index contributed by atoms with van der Waals surface area (Å²) in [6.45, 7) is 2.84. The second-order valence-electron chi connectivity index (χ2n) is 4.11. The molecular weight excluding hydrogens is 230 g/mol. The van der Waals surface area contributed by atoms with Gasteiger partial charge in [0.05, 0.1) is 6.61 Å². The van der Waals surface area contributed by atoms with E-state index in [9.17, 15) is 0 Å². The summed E-state index contributed by atoms with van der Waals surface area (Å²) in [6, 6.07) is 5.20. The van der Waals surface area contributed by atoms with E-state index in [0.29, 0.717) is 18.2 Å². The van der Waals surface area contributed by atoms with Crippen LogP contribution in [0.2, 0.25) is 0 Å². The molecule has 0 fully saturated rings. The van der Waals surface area contributed by atoms with Crippen molar-refractivity contribution >= 4 is 5.84 Å². The van der Waals surface area contributed by atoms with Crippen molar-refractivity contribution in [1.82, 2.24) is 4.98 Å². The first kappa shape index (κ1) is 14.3. The highest BCUT2D eigenvalue weighted by Gasteiger charge is 2.02. The average Bonchev–Trinajstić information content (AvgIpc) is 2.42. The molecular formula is C13H21N3O2. The van der Waals surface area contributed by atoms with Gasteiger partial charge in [0.1, 0.15) is 5.69 Å². The van der Waals surface area contributed by atoms with Crippen molar-refractivity contribution < 1.29 is 9.94 Å². The van der Waals surface area contributed by atoms with E-state index in [0.717, 1.165) is 6.42 Å². The van der Waals surface area contributed by atoms with Gasteiger partial charge in [0.2, 0.25) is 5.88 Å². The van der Waals surface area contributed by atoms with Gasteiger partial charge < -0.3 is 15.7 Å². The highest BCUT2D eigenvalue weighted by molar-refractivity contribution is 5.95. The monoisotopic (exact) mass is 251 g/mol. The van der Waals surface area contributed by atoms with E-state index in [-0.39, 0.29) is 5.84 Å². The van der Waals surface area contributed by atoms with Gasteiger partial charge in [-0.25, -0.2) is 4.98 Å². The lowest BCUT2D eigenvalue weighted by Gasteiger charge is -2.06. The number of hydrogen-bond acceptors (Lipinski definition) is 4. The Hall–Kier alpha value is -1.78. The first-order valence-electron chi connectivity index (χ1n) is 6.35. The molecule has 0 saturated carbocycles. The molecule has 0 aliphatic carbocycles. The van der Waals surface area contributed by atoms with E-state index < -0.39 is 0 Å². The third-order valence-corrected chi connectivity index (χ3v) is 2.59. The minimum atomic E-state index is -0.0107. The molecule has 5 heteroatoms. The maximum Gasteiger partial charge on any atom is 0.213 e. The lowest BCUT2D eigenvalue weighted by Crippen LogP contribution is -2.15. The zero-order valence-corrected chi connectivity index (χ0v) is 10.8. The summed E-state index contributed by atoms with van der Waals surface area (Å²) in [5.41, 5.74) is 5.87. The van der Waals surface area contributed by atoms with Crippen LogP contribution in [0.3, 0.4) is 0 Å². The topological polar surface area (TPSA) is 80.7 Å². The van der Waals surface area contributed by atoms with Gasteiger partial charge in [-0.1, -0.05) is 43.8 Å². The van der Waals surface area contributed by atoms with Crippen LogP contribution in [0, 0.1) is 0 Å². The van der Waals surface area contributed by atoms with Gasteiger partial charge in [0, 0.05) is 6.07 Å². The van der Waals surface area contributed by atoms with Gasteiger partial charge >= 0.3 is 0 Å². The van der Waals surface area contributed by atoms with Crippen LogP contribution in [-0.4, -0.2) is 22.6 Å². The molecule has 0 aromatic carbocycles. The molecule has 0 atom stereocenters. The fraction of sp³-hybridized carbons (Fsp3) is 0.538. The van der Waals surface area contributed by atoms with Crippen molar-refractivity contribution in [2.24, 2.45) is 10.9 Å². The van der Waals surface area contributed by atoms with Crippen LogP contribution in [0.1, 0.15) is 44.7 Å². The molecule has 0 aliphatic heterocycles. The number of rotatable bonds is 8. The second kappa shape index (κ2) is 8.33. The molecule has 1 aromatic rings. The smallest absolute Gasteiger partial charge is 0.213 e. The standard InChI is InChI=1S/C13H21N3O2/c1-2-3-4-5-6-10-18-12-9-7-8-11(15-12)13(14)16-17/h7-9,17H,2-6,10H2,1H3,(H2,14,16). The van der Waals surface area contributed by atoms with Gasteiger partial charge in [-0.3, -0.25) is 0 Å². The minimum Gasteiger partial charge on any atom is -0.478 e. The number of aromatic nitrogens is 1. The predicted octanol–water partition coefficient (Wildman–Crippen LogP) is 2.53. The van der Waals surface area contributed by atoms with Crippen LogP contribution in [0.15, 0.2) is 23.4 Å². The SMILES string of the molecule is CCCCCCCOc1cccc(C(N)=NO)n1. The lowest BCUT2D eigenvalue weighted by molar-refractivity contribution is 0.293. The van der Waals surface area contributed by atoms with Crippen molar-refractivity contribution in [2.75, 3.05) is 6.61 Å². The van der Waals surface area contributed by atoms with Crippen molar-refractivity contribution in [3.8, 4) is 5.88 Å². The predicted molar refractivity (Wildman–Crippen MR) is 71.0 cm³/mol. The minimum absolute atomic E-state index is 0.0107. The first-order valence-corrected chi connectivity index (χ1v) is 6.35. The Labute approximate surface area is 108 Å². The molecule has 0 amide bonds. The molecule has 1 heterocycles. The zero-order valence-electron chi connectivity index (χ0n) is 10.8. The van der Waals surface area contributed by atoms with Crippen LogP contribution in [0.5, 0.6) is 5.88 Å². The van der Waals surface area contributed by atoms with Crippen LogP contribution in [0.4, 0.5) is 0 Å². The molecule has 1 rings (SSSR count). The molecule has 3 N–H and O–H groups in total. The zero-order chi connectivity index (χ0) is 13.2. The Morgan fingerprint density at radius 1 is 1.33 bits per heavy atom. The third kappa shape index (κ3) is 5.03. The summed E-state index contributed by atoms with van der Waals surface area (Å²) in [6.07, 6.45) is 5.96. The normalized spacial score (nSPS) is 11.5. The number of amidine groups is 1. The van der Waals surface area contributed by atoms with Gasteiger partial charge in [-0.15, -0.1) is 0 Å². The maximum atomic E-state index is 8.56. The van der Waals surface area contributed by atoms with E-state index in [4.69, 9.17) is 15.7 Å². The fourth-order valence-electron chi connectivity index (χ4n) is 1.57. The van der Waals surface area contributed by atoms with Crippen LogP contribution >= 0.6 is 0 Å². The second-order valence-corrected chi connectivity index (χ2v) is 4.11. The van der Waals surface area contributed by atoms with Crippen LogP contribution in [-0.2, 0) is 0 Å². The van der Waals surface area contributed by atoms with E-state index >= 15 is 0 Å². The van der Waals surface area contributed by atoms with Crippen molar-refractivity contribution in [3.63, 3.8) is 0 Å². The number of oxime groups is 1. The Kier molecular flexibility index (Phi) is 6.61. The van der Waals surface area contributed by atoms with Crippen molar-refractivity contribution in [2.45, 2.75) is 39.0 Å². The van der Waals surface area contributed by atoms with E-state index in [2.05, 4.69) is 17.1 Å². The third-order valence-electron chi connectivity index (χ3n) is 2.59. The summed E-state index contributed by atoms with van der Waals surface area (Å²) < 4.78 is 5.52. The quantitative estimate of drug-likeness (QED) is 0.244. The number of nitrogens with two attached hydrogens (primary N) is 1. The highest BCUT2D eigenvalue weighted by atomic mass is 16.5. The molecule has 1 aromatic heterocycles. The van der Waals surface area contributed by atoms with Gasteiger partial charge in [0.15, 0.2) is 5.84 Å². The van der Waals surface area contributed by atoms with Gasteiger partial charge in [-0.05, 0) is 12.5 Å². The highest BCUT2D eigenvalue weighted by Crippen LogP contribution is 2.09. The molecule has 0 bridgehead atoms. The number of unbranched alkanes of at least 4 members (excludes halogenated alkanes) is 4. The lowest BCUT2D eigenvalue weighted by atomic mass is 10.2. The van der Waals surface area contributed by atoms with E-state index in [1.54, 1.807) is 18.2 Å². The molecule has 0 spiro atoms. The average molecular weight is 251 g/mol. The summed E-state index contributed by atoms with van der Waals surface area (Å²) in [7, 11) is 0.